The molecule has 1 amide bonds. The van der Waals surface area contributed by atoms with Crippen LogP contribution in [0.15, 0.2) is 17.0 Å². The van der Waals surface area contributed by atoms with Crippen molar-refractivity contribution in [3.8, 4) is 0 Å². The largest absolute Gasteiger partial charge is 0.349 e. The Kier molecular flexibility index (Phi) is 6.43. The van der Waals surface area contributed by atoms with Gasteiger partial charge in [0.1, 0.15) is 10.7 Å². The molecule has 0 bridgehead atoms. The molecular formula is C13H16Cl2FNO3S. The van der Waals surface area contributed by atoms with Crippen LogP contribution in [-0.4, -0.2) is 20.4 Å². The Balaban J connectivity index is 3.15. The summed E-state index contributed by atoms with van der Waals surface area (Å²) in [5, 5.41) is 2.57. The highest BCUT2D eigenvalue weighted by Gasteiger charge is 2.22. The third-order valence-corrected chi connectivity index (χ3v) is 4.64. The quantitative estimate of drug-likeness (QED) is 0.791. The minimum Gasteiger partial charge on any atom is -0.349 e. The second kappa shape index (κ2) is 7.42. The van der Waals surface area contributed by atoms with Gasteiger partial charge in [0, 0.05) is 16.7 Å². The van der Waals surface area contributed by atoms with Crippen LogP contribution in [0.4, 0.5) is 4.39 Å². The topological polar surface area (TPSA) is 63.2 Å². The average Bonchev–Trinajstić information content (AvgIpc) is 2.36. The Hall–Kier alpha value is -0.850. The van der Waals surface area contributed by atoms with Crippen LogP contribution in [0.1, 0.15) is 43.5 Å². The van der Waals surface area contributed by atoms with Gasteiger partial charge in [-0.05, 0) is 25.0 Å². The highest BCUT2D eigenvalue weighted by Crippen LogP contribution is 2.26. The molecule has 1 N–H and O–H groups in total. The van der Waals surface area contributed by atoms with Crippen LogP contribution in [0.5, 0.6) is 0 Å². The zero-order chi connectivity index (χ0) is 16.2. The molecule has 1 unspecified atom stereocenters. The molecule has 0 spiro atoms. The molecule has 1 aromatic rings. The van der Waals surface area contributed by atoms with Gasteiger partial charge in [0.05, 0.1) is 10.6 Å². The molecule has 0 aromatic heterocycles. The van der Waals surface area contributed by atoms with Crippen LogP contribution in [0.2, 0.25) is 5.02 Å². The Morgan fingerprint density at radius 2 is 2.00 bits per heavy atom. The molecule has 118 valence electrons. The van der Waals surface area contributed by atoms with E-state index in [1.807, 2.05) is 13.8 Å². The lowest BCUT2D eigenvalue weighted by Crippen LogP contribution is -2.34. The van der Waals surface area contributed by atoms with E-state index >= 15 is 0 Å². The Morgan fingerprint density at radius 1 is 1.38 bits per heavy atom. The number of carbonyl (C=O) groups is 1. The van der Waals surface area contributed by atoms with Gasteiger partial charge in [-0.1, -0.05) is 31.9 Å². The molecule has 1 rings (SSSR count). The number of nitrogens with one attached hydrogen (secondary N) is 1. The molecule has 4 nitrogen and oxygen atoms in total. The number of halogens is 3. The fraction of sp³-hybridized carbons (Fsp3) is 0.462. The summed E-state index contributed by atoms with van der Waals surface area (Å²) in [6, 6.07) is 1.57. The van der Waals surface area contributed by atoms with E-state index in [1.54, 1.807) is 0 Å². The first-order valence-corrected chi connectivity index (χ1v) is 9.14. The maximum Gasteiger partial charge on any atom is 0.264 e. The molecule has 0 saturated heterocycles. The highest BCUT2D eigenvalue weighted by atomic mass is 35.7. The predicted molar refractivity (Wildman–Crippen MR) is 80.9 cm³/mol. The van der Waals surface area contributed by atoms with Crippen molar-refractivity contribution in [3.63, 3.8) is 0 Å². The lowest BCUT2D eigenvalue weighted by Gasteiger charge is -2.17. The van der Waals surface area contributed by atoms with Crippen LogP contribution in [0.3, 0.4) is 0 Å². The first-order valence-electron chi connectivity index (χ1n) is 6.45. The predicted octanol–water partition coefficient (Wildman–Crippen LogP) is 3.72. The minimum absolute atomic E-state index is 0.0559. The fourth-order valence-electron chi connectivity index (χ4n) is 1.88. The van der Waals surface area contributed by atoms with E-state index in [0.717, 1.165) is 31.4 Å². The molecule has 0 aliphatic rings. The van der Waals surface area contributed by atoms with Crippen molar-refractivity contribution in [1.29, 1.82) is 0 Å². The van der Waals surface area contributed by atoms with Crippen LogP contribution >= 0.6 is 22.3 Å². The third kappa shape index (κ3) is 4.83. The first-order chi connectivity index (χ1) is 9.70. The summed E-state index contributed by atoms with van der Waals surface area (Å²) in [6.45, 7) is 3.90. The smallest absolute Gasteiger partial charge is 0.264 e. The van der Waals surface area contributed by atoms with E-state index in [-0.39, 0.29) is 16.6 Å². The van der Waals surface area contributed by atoms with Gasteiger partial charge in [0.15, 0.2) is 0 Å². The van der Waals surface area contributed by atoms with Gasteiger partial charge in [0.2, 0.25) is 0 Å². The Morgan fingerprint density at radius 3 is 2.48 bits per heavy atom. The maximum atomic E-state index is 13.6. The summed E-state index contributed by atoms with van der Waals surface area (Å²) in [5.41, 5.74) is -0.119. The number of hydrogen-bond acceptors (Lipinski definition) is 3. The minimum atomic E-state index is -4.29. The van der Waals surface area contributed by atoms with Gasteiger partial charge in [-0.25, -0.2) is 12.8 Å². The van der Waals surface area contributed by atoms with Gasteiger partial charge >= 0.3 is 0 Å². The van der Waals surface area contributed by atoms with E-state index in [4.69, 9.17) is 22.3 Å². The summed E-state index contributed by atoms with van der Waals surface area (Å²) >= 11 is 5.81. The van der Waals surface area contributed by atoms with Gasteiger partial charge in [-0.3, -0.25) is 4.79 Å². The number of benzene rings is 1. The van der Waals surface area contributed by atoms with E-state index in [2.05, 4.69) is 5.32 Å². The Labute approximate surface area is 133 Å². The second-order valence-corrected chi connectivity index (χ2v) is 7.51. The first kappa shape index (κ1) is 18.2. The van der Waals surface area contributed by atoms with Gasteiger partial charge < -0.3 is 5.32 Å². The highest BCUT2D eigenvalue weighted by molar-refractivity contribution is 8.13. The summed E-state index contributed by atoms with van der Waals surface area (Å²) < 4.78 is 36.1. The summed E-state index contributed by atoms with van der Waals surface area (Å²) in [4.78, 5) is 11.4. The average molecular weight is 356 g/mol. The molecule has 1 aromatic carbocycles. The molecule has 21 heavy (non-hydrogen) atoms. The molecular weight excluding hydrogens is 340 g/mol. The third-order valence-electron chi connectivity index (χ3n) is 2.99. The van der Waals surface area contributed by atoms with Crippen LogP contribution in [-0.2, 0) is 9.05 Å². The van der Waals surface area contributed by atoms with Gasteiger partial charge in [-0.2, -0.15) is 0 Å². The lowest BCUT2D eigenvalue weighted by molar-refractivity contribution is 0.0933. The van der Waals surface area contributed by atoms with Crippen molar-refractivity contribution in [2.75, 3.05) is 0 Å². The lowest BCUT2D eigenvalue weighted by atomic mass is 10.1. The Bertz CT molecular complexity index is 635. The van der Waals surface area contributed by atoms with Crippen molar-refractivity contribution >= 4 is 37.2 Å². The number of rotatable bonds is 6. The van der Waals surface area contributed by atoms with E-state index < -0.39 is 25.7 Å². The van der Waals surface area contributed by atoms with Crippen molar-refractivity contribution in [1.82, 2.24) is 5.32 Å². The van der Waals surface area contributed by atoms with Crippen molar-refractivity contribution in [2.45, 2.75) is 44.0 Å². The second-order valence-electron chi connectivity index (χ2n) is 4.57. The number of amides is 1. The standard InChI is InChI=1S/C13H16Cl2FNO3S/c1-3-5-8(4-2)17-13(18)9-6-12(21(15,19)20)11(16)7-10(9)14/h6-8H,3-5H2,1-2H3,(H,17,18). The normalized spacial score (nSPS) is 13.0. The molecule has 0 aliphatic carbocycles. The number of carbonyl (C=O) groups excluding carboxylic acids is 1. The van der Waals surface area contributed by atoms with Crippen LogP contribution in [0, 0.1) is 5.82 Å². The van der Waals surface area contributed by atoms with Gasteiger partial charge in [-0.15, -0.1) is 0 Å². The molecule has 8 heteroatoms. The maximum absolute atomic E-state index is 13.6. The van der Waals surface area contributed by atoms with Crippen molar-refractivity contribution < 1.29 is 17.6 Å². The monoisotopic (exact) mass is 355 g/mol. The van der Waals surface area contributed by atoms with Crippen molar-refractivity contribution in [2.24, 2.45) is 0 Å². The van der Waals surface area contributed by atoms with Crippen molar-refractivity contribution in [3.05, 3.63) is 28.5 Å². The molecule has 0 aliphatic heterocycles. The zero-order valence-corrected chi connectivity index (χ0v) is 13.9. The molecule has 0 radical (unpaired) electrons. The molecule has 0 heterocycles. The number of hydrogen-bond donors (Lipinski definition) is 1. The SMILES string of the molecule is CCCC(CC)NC(=O)c1cc(S(=O)(=O)Cl)c(F)cc1Cl. The van der Waals surface area contributed by atoms with E-state index in [0.29, 0.717) is 0 Å². The molecule has 0 fully saturated rings. The summed E-state index contributed by atoms with van der Waals surface area (Å²) in [7, 11) is 0.841. The summed E-state index contributed by atoms with van der Waals surface area (Å²) in [5.74, 6) is -1.64. The molecule has 0 saturated carbocycles. The van der Waals surface area contributed by atoms with E-state index in [9.17, 15) is 17.6 Å². The fourth-order valence-corrected chi connectivity index (χ4v) is 3.02. The zero-order valence-electron chi connectivity index (χ0n) is 11.6. The molecule has 1 atom stereocenters. The summed E-state index contributed by atoms with van der Waals surface area (Å²) in [6.07, 6.45) is 2.39. The van der Waals surface area contributed by atoms with Gasteiger partial charge in [0.25, 0.3) is 15.0 Å². The van der Waals surface area contributed by atoms with Crippen LogP contribution in [0.25, 0.3) is 0 Å². The van der Waals surface area contributed by atoms with Crippen LogP contribution < -0.4 is 5.32 Å². The van der Waals surface area contributed by atoms with E-state index in [1.165, 1.54) is 0 Å².